The smallest absolute Gasteiger partial charge is 0.124 e. The minimum atomic E-state index is -0.367. The summed E-state index contributed by atoms with van der Waals surface area (Å²) in [5.74, 6) is 0.860. The van der Waals surface area contributed by atoms with Crippen molar-refractivity contribution in [1.29, 1.82) is 5.26 Å². The van der Waals surface area contributed by atoms with Gasteiger partial charge >= 0.3 is 0 Å². The summed E-state index contributed by atoms with van der Waals surface area (Å²) in [6.45, 7) is 0.833. The first-order valence-corrected chi connectivity index (χ1v) is 7.59. The first kappa shape index (κ1) is 14.8. The minimum Gasteiger partial charge on any atom is -0.384 e. The molecule has 1 rings (SSSR count). The second-order valence-corrected chi connectivity index (χ2v) is 5.12. The standard InChI is InChI=1S/C14H19FN2S/c1-18-9-5-3-2-4-8-17-14-7-6-13(15)10-12(14)11-16/h6-7,10,17H,2-5,8-9H2,1H3. The van der Waals surface area contributed by atoms with Crippen molar-refractivity contribution >= 4 is 17.4 Å². The third-order valence-corrected chi connectivity index (χ3v) is 3.39. The molecule has 0 bridgehead atoms. The lowest BCUT2D eigenvalue weighted by molar-refractivity contribution is 0.627. The molecule has 0 aliphatic heterocycles. The zero-order chi connectivity index (χ0) is 13.2. The number of anilines is 1. The van der Waals surface area contributed by atoms with Gasteiger partial charge < -0.3 is 5.32 Å². The van der Waals surface area contributed by atoms with E-state index in [2.05, 4.69) is 11.6 Å². The van der Waals surface area contributed by atoms with Crippen LogP contribution in [0.4, 0.5) is 10.1 Å². The highest BCUT2D eigenvalue weighted by molar-refractivity contribution is 7.98. The van der Waals surface area contributed by atoms with Gasteiger partial charge in [0.25, 0.3) is 0 Å². The first-order valence-electron chi connectivity index (χ1n) is 6.20. The van der Waals surface area contributed by atoms with E-state index in [4.69, 9.17) is 5.26 Å². The van der Waals surface area contributed by atoms with Gasteiger partial charge in [-0.3, -0.25) is 0 Å². The summed E-state index contributed by atoms with van der Waals surface area (Å²) < 4.78 is 12.9. The van der Waals surface area contributed by atoms with Gasteiger partial charge in [0.15, 0.2) is 0 Å². The molecular formula is C14H19FN2S. The van der Waals surface area contributed by atoms with E-state index in [1.807, 2.05) is 17.8 Å². The lowest BCUT2D eigenvalue weighted by Crippen LogP contribution is -2.03. The summed E-state index contributed by atoms with van der Waals surface area (Å²) in [6.07, 6.45) is 6.91. The van der Waals surface area contributed by atoms with Crippen molar-refractivity contribution in [3.05, 3.63) is 29.6 Å². The van der Waals surface area contributed by atoms with Crippen LogP contribution >= 0.6 is 11.8 Å². The Balaban J connectivity index is 2.25. The Labute approximate surface area is 113 Å². The van der Waals surface area contributed by atoms with Crippen molar-refractivity contribution < 1.29 is 4.39 Å². The van der Waals surface area contributed by atoms with E-state index in [-0.39, 0.29) is 5.82 Å². The van der Waals surface area contributed by atoms with Crippen LogP contribution in [0.2, 0.25) is 0 Å². The van der Waals surface area contributed by atoms with Crippen LogP contribution in [0.5, 0.6) is 0 Å². The summed E-state index contributed by atoms with van der Waals surface area (Å²) in [5.41, 5.74) is 1.10. The van der Waals surface area contributed by atoms with E-state index in [1.54, 1.807) is 6.07 Å². The molecular weight excluding hydrogens is 247 g/mol. The Morgan fingerprint density at radius 1 is 1.28 bits per heavy atom. The molecule has 0 radical (unpaired) electrons. The Kier molecular flexibility index (Phi) is 7.28. The number of rotatable bonds is 8. The fourth-order valence-corrected chi connectivity index (χ4v) is 2.20. The second-order valence-electron chi connectivity index (χ2n) is 4.14. The summed E-state index contributed by atoms with van der Waals surface area (Å²) >= 11 is 1.88. The van der Waals surface area contributed by atoms with E-state index in [9.17, 15) is 4.39 Å². The fraction of sp³-hybridized carbons (Fsp3) is 0.500. The highest BCUT2D eigenvalue weighted by Crippen LogP contribution is 2.16. The zero-order valence-corrected chi connectivity index (χ0v) is 11.5. The highest BCUT2D eigenvalue weighted by Gasteiger charge is 2.02. The molecule has 98 valence electrons. The molecule has 0 aliphatic rings. The Hall–Kier alpha value is -1.21. The van der Waals surface area contributed by atoms with Crippen molar-refractivity contribution in [3.8, 4) is 6.07 Å². The molecule has 0 aliphatic carbocycles. The van der Waals surface area contributed by atoms with E-state index in [0.29, 0.717) is 5.56 Å². The van der Waals surface area contributed by atoms with E-state index >= 15 is 0 Å². The zero-order valence-electron chi connectivity index (χ0n) is 10.7. The average molecular weight is 266 g/mol. The van der Waals surface area contributed by atoms with E-state index in [0.717, 1.165) is 18.7 Å². The molecule has 0 aromatic heterocycles. The van der Waals surface area contributed by atoms with Crippen LogP contribution in [0.25, 0.3) is 0 Å². The summed E-state index contributed by atoms with van der Waals surface area (Å²) in [5, 5.41) is 12.1. The highest BCUT2D eigenvalue weighted by atomic mass is 32.2. The molecule has 0 heterocycles. The van der Waals surface area contributed by atoms with Crippen molar-refractivity contribution in [2.75, 3.05) is 23.9 Å². The van der Waals surface area contributed by atoms with Crippen LogP contribution in [-0.4, -0.2) is 18.6 Å². The van der Waals surface area contributed by atoms with Gasteiger partial charge in [-0.05, 0) is 43.0 Å². The molecule has 0 atom stereocenters. The molecule has 2 nitrogen and oxygen atoms in total. The van der Waals surface area contributed by atoms with Gasteiger partial charge in [-0.1, -0.05) is 12.8 Å². The van der Waals surface area contributed by atoms with Crippen LogP contribution in [0, 0.1) is 17.1 Å². The van der Waals surface area contributed by atoms with Crippen LogP contribution in [-0.2, 0) is 0 Å². The number of nitrogens with zero attached hydrogens (tertiary/aromatic N) is 1. The fourth-order valence-electron chi connectivity index (χ4n) is 1.71. The van der Waals surface area contributed by atoms with Crippen LogP contribution in [0.1, 0.15) is 31.2 Å². The monoisotopic (exact) mass is 266 g/mol. The largest absolute Gasteiger partial charge is 0.384 e. The third kappa shape index (κ3) is 5.42. The third-order valence-electron chi connectivity index (χ3n) is 2.69. The normalized spacial score (nSPS) is 10.1. The molecule has 18 heavy (non-hydrogen) atoms. The SMILES string of the molecule is CSCCCCCCNc1ccc(F)cc1C#N. The van der Waals surface area contributed by atoms with E-state index in [1.165, 1.54) is 37.1 Å². The maximum Gasteiger partial charge on any atom is 0.124 e. The summed E-state index contributed by atoms with van der Waals surface area (Å²) in [7, 11) is 0. The average Bonchev–Trinajstić information content (AvgIpc) is 2.39. The second kappa shape index (κ2) is 8.82. The van der Waals surface area contributed by atoms with Crippen molar-refractivity contribution in [2.24, 2.45) is 0 Å². The first-order chi connectivity index (χ1) is 8.77. The number of nitrogens with one attached hydrogen (secondary N) is 1. The molecule has 0 unspecified atom stereocenters. The number of unbranched alkanes of at least 4 members (excludes halogenated alkanes) is 3. The molecule has 0 saturated heterocycles. The van der Waals surface area contributed by atoms with Gasteiger partial charge in [0.1, 0.15) is 11.9 Å². The lowest BCUT2D eigenvalue weighted by Gasteiger charge is -2.08. The molecule has 1 aromatic rings. The number of thioether (sulfide) groups is 1. The number of nitriles is 1. The van der Waals surface area contributed by atoms with Gasteiger partial charge in [0.05, 0.1) is 11.3 Å². The molecule has 1 aromatic carbocycles. The van der Waals surface area contributed by atoms with Crippen molar-refractivity contribution in [2.45, 2.75) is 25.7 Å². The quantitative estimate of drug-likeness (QED) is 0.721. The van der Waals surface area contributed by atoms with Crippen LogP contribution < -0.4 is 5.32 Å². The molecule has 4 heteroatoms. The van der Waals surface area contributed by atoms with E-state index < -0.39 is 0 Å². The topological polar surface area (TPSA) is 35.8 Å². The predicted molar refractivity (Wildman–Crippen MR) is 76.5 cm³/mol. The summed E-state index contributed by atoms with van der Waals surface area (Å²) in [4.78, 5) is 0. The van der Waals surface area contributed by atoms with Gasteiger partial charge in [-0.2, -0.15) is 17.0 Å². The Morgan fingerprint density at radius 3 is 2.78 bits per heavy atom. The number of halogens is 1. The maximum absolute atomic E-state index is 12.9. The number of hydrogen-bond acceptors (Lipinski definition) is 3. The van der Waals surface area contributed by atoms with Gasteiger partial charge in [0.2, 0.25) is 0 Å². The van der Waals surface area contributed by atoms with Crippen LogP contribution in [0.15, 0.2) is 18.2 Å². The molecule has 0 saturated carbocycles. The van der Waals surface area contributed by atoms with Gasteiger partial charge in [0, 0.05) is 6.54 Å². The minimum absolute atomic E-state index is 0.367. The number of hydrogen-bond donors (Lipinski definition) is 1. The van der Waals surface area contributed by atoms with Gasteiger partial charge in [-0.15, -0.1) is 0 Å². The number of benzene rings is 1. The van der Waals surface area contributed by atoms with Crippen molar-refractivity contribution in [1.82, 2.24) is 0 Å². The molecule has 0 amide bonds. The lowest BCUT2D eigenvalue weighted by atomic mass is 10.1. The maximum atomic E-state index is 12.9. The molecule has 1 N–H and O–H groups in total. The summed E-state index contributed by atoms with van der Waals surface area (Å²) in [6, 6.07) is 6.27. The molecule has 0 fully saturated rings. The predicted octanol–water partition coefficient (Wildman–Crippen LogP) is 4.03. The van der Waals surface area contributed by atoms with Crippen molar-refractivity contribution in [3.63, 3.8) is 0 Å². The van der Waals surface area contributed by atoms with Gasteiger partial charge in [-0.25, -0.2) is 4.39 Å². The van der Waals surface area contributed by atoms with Crippen LogP contribution in [0.3, 0.4) is 0 Å². The Bertz CT molecular complexity index is 401. The molecule has 0 spiro atoms. The Morgan fingerprint density at radius 2 is 2.06 bits per heavy atom.